The van der Waals surface area contributed by atoms with Crippen molar-refractivity contribution in [3.8, 4) is 0 Å². The lowest BCUT2D eigenvalue weighted by atomic mass is 10.0. The normalized spacial score (nSPS) is 11.9. The van der Waals surface area contributed by atoms with Crippen LogP contribution in [-0.4, -0.2) is 23.5 Å². The molecule has 19 heavy (non-hydrogen) atoms. The molecule has 0 radical (unpaired) electrons. The van der Waals surface area contributed by atoms with Gasteiger partial charge in [-0.15, -0.1) is 0 Å². The molecule has 4 heteroatoms. The fourth-order valence-corrected chi connectivity index (χ4v) is 2.00. The van der Waals surface area contributed by atoms with E-state index in [0.717, 1.165) is 18.5 Å². The lowest BCUT2D eigenvalue weighted by Crippen LogP contribution is -2.36. The van der Waals surface area contributed by atoms with Crippen molar-refractivity contribution < 1.29 is 14.7 Å². The predicted molar refractivity (Wildman–Crippen MR) is 75.1 cm³/mol. The number of carboxylic acids is 1. The smallest absolute Gasteiger partial charge is 0.305 e. The van der Waals surface area contributed by atoms with E-state index in [1.165, 1.54) is 0 Å². The fraction of sp³-hybridized carbons (Fsp3) is 0.467. The Kier molecular flexibility index (Phi) is 6.06. The zero-order valence-electron chi connectivity index (χ0n) is 11.5. The van der Waals surface area contributed by atoms with Crippen molar-refractivity contribution in [3.63, 3.8) is 0 Å². The number of carboxylic acid groups (broad SMARTS) is 1. The van der Waals surface area contributed by atoms with Crippen LogP contribution in [0.4, 0.5) is 5.69 Å². The van der Waals surface area contributed by atoms with Crippen molar-refractivity contribution in [1.82, 2.24) is 0 Å². The van der Waals surface area contributed by atoms with Crippen LogP contribution in [0.25, 0.3) is 0 Å². The van der Waals surface area contributed by atoms with Gasteiger partial charge in [0.25, 0.3) is 0 Å². The second-order valence-electron chi connectivity index (χ2n) is 4.66. The summed E-state index contributed by atoms with van der Waals surface area (Å²) in [6.07, 6.45) is 1.71. The molecule has 0 bridgehead atoms. The molecule has 4 nitrogen and oxygen atoms in total. The molecule has 0 fully saturated rings. The van der Waals surface area contributed by atoms with Gasteiger partial charge in [-0.3, -0.25) is 9.59 Å². The molecule has 0 spiro atoms. The first-order valence-corrected chi connectivity index (χ1v) is 6.64. The first kappa shape index (κ1) is 15.2. The minimum Gasteiger partial charge on any atom is -0.481 e. The zero-order chi connectivity index (χ0) is 14.3. The summed E-state index contributed by atoms with van der Waals surface area (Å²) in [6.45, 7) is 4.14. The Bertz CT molecular complexity index is 417. The molecule has 0 heterocycles. The van der Waals surface area contributed by atoms with Crippen LogP contribution in [0.5, 0.6) is 0 Å². The summed E-state index contributed by atoms with van der Waals surface area (Å²) in [5.41, 5.74) is 0.761. The molecule has 1 N–H and O–H groups in total. The number of anilines is 1. The van der Waals surface area contributed by atoms with Gasteiger partial charge in [-0.1, -0.05) is 38.5 Å². The van der Waals surface area contributed by atoms with Crippen molar-refractivity contribution in [2.24, 2.45) is 5.92 Å². The Morgan fingerprint density at radius 2 is 1.89 bits per heavy atom. The van der Waals surface area contributed by atoms with Gasteiger partial charge < -0.3 is 10.0 Å². The van der Waals surface area contributed by atoms with Gasteiger partial charge in [0.05, 0.1) is 6.42 Å². The molecule has 0 aliphatic rings. The van der Waals surface area contributed by atoms with Crippen LogP contribution >= 0.6 is 0 Å². The van der Waals surface area contributed by atoms with Gasteiger partial charge in [0, 0.05) is 18.2 Å². The molecule has 0 saturated carbocycles. The molecule has 1 amide bonds. The van der Waals surface area contributed by atoms with E-state index in [0.29, 0.717) is 0 Å². The minimum atomic E-state index is -0.892. The molecule has 1 aromatic rings. The Hall–Kier alpha value is -1.84. The highest BCUT2D eigenvalue weighted by Crippen LogP contribution is 2.18. The Morgan fingerprint density at radius 1 is 1.26 bits per heavy atom. The van der Waals surface area contributed by atoms with Gasteiger partial charge in [-0.25, -0.2) is 0 Å². The van der Waals surface area contributed by atoms with Gasteiger partial charge in [-0.2, -0.15) is 0 Å². The van der Waals surface area contributed by atoms with Crippen molar-refractivity contribution in [2.75, 3.05) is 11.4 Å². The molecular formula is C15H21NO3. The maximum atomic E-state index is 12.4. The van der Waals surface area contributed by atoms with Crippen LogP contribution in [0, 0.1) is 5.92 Å². The highest BCUT2D eigenvalue weighted by Gasteiger charge is 2.21. The second kappa shape index (κ2) is 7.56. The Morgan fingerprint density at radius 3 is 2.42 bits per heavy atom. The first-order chi connectivity index (χ1) is 9.06. The van der Waals surface area contributed by atoms with E-state index in [-0.39, 0.29) is 24.8 Å². The molecule has 0 aliphatic carbocycles. The van der Waals surface area contributed by atoms with Crippen molar-refractivity contribution in [1.29, 1.82) is 0 Å². The SMILES string of the molecule is CCCC(C)C(=O)N(CCC(=O)O)c1ccccc1. The van der Waals surface area contributed by atoms with E-state index in [1.54, 1.807) is 4.90 Å². The van der Waals surface area contributed by atoms with E-state index in [9.17, 15) is 9.59 Å². The van der Waals surface area contributed by atoms with Gasteiger partial charge in [0.2, 0.25) is 5.91 Å². The average molecular weight is 263 g/mol. The third-order valence-electron chi connectivity index (χ3n) is 3.03. The van der Waals surface area contributed by atoms with Crippen LogP contribution in [0.2, 0.25) is 0 Å². The van der Waals surface area contributed by atoms with E-state index in [4.69, 9.17) is 5.11 Å². The summed E-state index contributed by atoms with van der Waals surface area (Å²) in [5.74, 6) is -0.981. The van der Waals surface area contributed by atoms with E-state index in [1.807, 2.05) is 44.2 Å². The van der Waals surface area contributed by atoms with Gasteiger partial charge in [0.1, 0.15) is 0 Å². The second-order valence-corrected chi connectivity index (χ2v) is 4.66. The highest BCUT2D eigenvalue weighted by atomic mass is 16.4. The largest absolute Gasteiger partial charge is 0.481 e. The lowest BCUT2D eigenvalue weighted by Gasteiger charge is -2.25. The van der Waals surface area contributed by atoms with Crippen LogP contribution < -0.4 is 4.90 Å². The van der Waals surface area contributed by atoms with Gasteiger partial charge >= 0.3 is 5.97 Å². The molecule has 0 aromatic heterocycles. The molecular weight excluding hydrogens is 242 g/mol. The Labute approximate surface area is 114 Å². The standard InChI is InChI=1S/C15H21NO3/c1-3-7-12(2)15(19)16(11-10-14(17)18)13-8-5-4-6-9-13/h4-6,8-9,12H,3,7,10-11H2,1-2H3,(H,17,18). The molecule has 104 valence electrons. The highest BCUT2D eigenvalue weighted by molar-refractivity contribution is 5.95. The van der Waals surface area contributed by atoms with E-state index >= 15 is 0 Å². The maximum Gasteiger partial charge on any atom is 0.305 e. The van der Waals surface area contributed by atoms with Gasteiger partial charge in [-0.05, 0) is 18.6 Å². The summed E-state index contributed by atoms with van der Waals surface area (Å²) < 4.78 is 0. The number of benzene rings is 1. The Balaban J connectivity index is 2.86. The topological polar surface area (TPSA) is 57.6 Å². The summed E-state index contributed by atoms with van der Waals surface area (Å²) >= 11 is 0. The maximum absolute atomic E-state index is 12.4. The van der Waals surface area contributed by atoms with Crippen LogP contribution in [0.3, 0.4) is 0 Å². The third-order valence-corrected chi connectivity index (χ3v) is 3.03. The molecule has 0 saturated heterocycles. The summed E-state index contributed by atoms with van der Waals surface area (Å²) in [6, 6.07) is 9.23. The quantitative estimate of drug-likeness (QED) is 0.822. The number of para-hydroxylation sites is 1. The molecule has 1 aromatic carbocycles. The summed E-state index contributed by atoms with van der Waals surface area (Å²) in [5, 5.41) is 8.80. The number of carbonyl (C=O) groups is 2. The number of hydrogen-bond acceptors (Lipinski definition) is 2. The van der Waals surface area contributed by atoms with Crippen molar-refractivity contribution in [2.45, 2.75) is 33.1 Å². The van der Waals surface area contributed by atoms with Crippen LogP contribution in [0.1, 0.15) is 33.1 Å². The number of amides is 1. The average Bonchev–Trinajstić information content (AvgIpc) is 2.40. The van der Waals surface area contributed by atoms with Crippen molar-refractivity contribution >= 4 is 17.6 Å². The monoisotopic (exact) mass is 263 g/mol. The van der Waals surface area contributed by atoms with E-state index < -0.39 is 5.97 Å². The minimum absolute atomic E-state index is 0.00528. The lowest BCUT2D eigenvalue weighted by molar-refractivity contribution is -0.136. The molecule has 1 unspecified atom stereocenters. The van der Waals surface area contributed by atoms with Gasteiger partial charge in [0.15, 0.2) is 0 Å². The number of aliphatic carboxylic acids is 1. The van der Waals surface area contributed by atoms with Crippen LogP contribution in [0.15, 0.2) is 30.3 Å². The number of hydrogen-bond donors (Lipinski definition) is 1. The third kappa shape index (κ3) is 4.73. The number of carbonyl (C=O) groups excluding carboxylic acids is 1. The fourth-order valence-electron chi connectivity index (χ4n) is 2.00. The first-order valence-electron chi connectivity index (χ1n) is 6.64. The zero-order valence-corrected chi connectivity index (χ0v) is 11.5. The molecule has 1 atom stereocenters. The molecule has 1 rings (SSSR count). The number of rotatable bonds is 7. The van der Waals surface area contributed by atoms with E-state index in [2.05, 4.69) is 0 Å². The number of nitrogens with zero attached hydrogens (tertiary/aromatic N) is 1. The van der Waals surface area contributed by atoms with Crippen LogP contribution in [-0.2, 0) is 9.59 Å². The van der Waals surface area contributed by atoms with Crippen molar-refractivity contribution in [3.05, 3.63) is 30.3 Å². The molecule has 0 aliphatic heterocycles. The summed E-state index contributed by atoms with van der Waals surface area (Å²) in [4.78, 5) is 24.7. The summed E-state index contributed by atoms with van der Waals surface area (Å²) in [7, 11) is 0. The predicted octanol–water partition coefficient (Wildman–Crippen LogP) is 2.93.